The third-order valence-electron chi connectivity index (χ3n) is 1.95. The number of nitrogens with one attached hydrogen (secondary N) is 2. The number of halogens is 2. The van der Waals surface area contributed by atoms with Crippen molar-refractivity contribution in [1.82, 2.24) is 5.32 Å². The first-order valence-corrected chi connectivity index (χ1v) is 5.34. The minimum Gasteiger partial charge on any atom is -0.374 e. The van der Waals surface area contributed by atoms with Crippen molar-refractivity contribution in [1.29, 1.82) is 5.26 Å². The van der Waals surface area contributed by atoms with Crippen molar-refractivity contribution in [2.75, 3.05) is 18.4 Å². The molecular formula is C11H11ClFN3O. The molecule has 2 N–H and O–H groups in total. The molecule has 0 aliphatic heterocycles. The van der Waals surface area contributed by atoms with E-state index in [0.717, 1.165) is 0 Å². The van der Waals surface area contributed by atoms with Gasteiger partial charge in [0.15, 0.2) is 5.82 Å². The number of nitriles is 1. The third-order valence-corrected chi connectivity index (χ3v) is 2.24. The van der Waals surface area contributed by atoms with E-state index in [2.05, 4.69) is 10.6 Å². The molecule has 1 rings (SSSR count). The summed E-state index contributed by atoms with van der Waals surface area (Å²) >= 11 is 5.58. The topological polar surface area (TPSA) is 64.9 Å². The molecule has 17 heavy (non-hydrogen) atoms. The van der Waals surface area contributed by atoms with Crippen LogP contribution in [0.25, 0.3) is 0 Å². The highest BCUT2D eigenvalue weighted by atomic mass is 35.5. The van der Waals surface area contributed by atoms with Crippen molar-refractivity contribution in [2.24, 2.45) is 0 Å². The lowest BCUT2D eigenvalue weighted by Crippen LogP contribution is -2.30. The molecule has 0 unspecified atom stereocenters. The molecule has 0 bridgehead atoms. The molecule has 1 amide bonds. The van der Waals surface area contributed by atoms with Crippen LogP contribution in [0.5, 0.6) is 0 Å². The standard InChI is InChI=1S/C11H11ClFN3O/c12-8-3-1-4-9(11(8)13)16-7-10(17)15-6-2-5-14/h1,3-4,16H,2,6-7H2,(H,15,17). The summed E-state index contributed by atoms with van der Waals surface area (Å²) in [5, 5.41) is 13.4. The number of carbonyl (C=O) groups excluding carboxylic acids is 1. The average molecular weight is 256 g/mol. The van der Waals surface area contributed by atoms with E-state index in [0.29, 0.717) is 0 Å². The Morgan fingerprint density at radius 3 is 3.00 bits per heavy atom. The van der Waals surface area contributed by atoms with Crippen LogP contribution in [0.3, 0.4) is 0 Å². The minimum atomic E-state index is -0.584. The second-order valence-electron chi connectivity index (χ2n) is 3.21. The van der Waals surface area contributed by atoms with Crippen molar-refractivity contribution in [3.05, 3.63) is 29.0 Å². The van der Waals surface area contributed by atoms with Crippen LogP contribution in [0.15, 0.2) is 18.2 Å². The Labute approximate surface area is 103 Å². The molecule has 6 heteroatoms. The molecule has 1 aromatic rings. The molecule has 0 radical (unpaired) electrons. The zero-order valence-electron chi connectivity index (χ0n) is 8.96. The third kappa shape index (κ3) is 4.29. The van der Waals surface area contributed by atoms with Gasteiger partial charge >= 0.3 is 0 Å². The summed E-state index contributed by atoms with van der Waals surface area (Å²) in [5.41, 5.74) is 0.174. The Balaban J connectivity index is 2.43. The minimum absolute atomic E-state index is 0.000103. The predicted molar refractivity (Wildman–Crippen MR) is 63.1 cm³/mol. The lowest BCUT2D eigenvalue weighted by atomic mass is 10.3. The maximum absolute atomic E-state index is 13.4. The van der Waals surface area contributed by atoms with Gasteiger partial charge < -0.3 is 10.6 Å². The molecule has 0 heterocycles. The summed E-state index contributed by atoms with van der Waals surface area (Å²) in [7, 11) is 0. The Bertz CT molecular complexity index is 445. The summed E-state index contributed by atoms with van der Waals surface area (Å²) in [6.45, 7) is 0.220. The van der Waals surface area contributed by atoms with Gasteiger partial charge in [0.05, 0.1) is 29.7 Å². The van der Waals surface area contributed by atoms with Gasteiger partial charge in [-0.15, -0.1) is 0 Å². The zero-order valence-corrected chi connectivity index (χ0v) is 9.72. The number of hydrogen-bond acceptors (Lipinski definition) is 3. The maximum atomic E-state index is 13.4. The fourth-order valence-electron chi connectivity index (χ4n) is 1.14. The summed E-state index contributed by atoms with van der Waals surface area (Å²) < 4.78 is 13.4. The van der Waals surface area contributed by atoms with E-state index in [1.165, 1.54) is 12.1 Å². The maximum Gasteiger partial charge on any atom is 0.239 e. The van der Waals surface area contributed by atoms with Crippen LogP contribution in [-0.2, 0) is 4.79 Å². The number of hydrogen-bond donors (Lipinski definition) is 2. The number of rotatable bonds is 5. The van der Waals surface area contributed by atoms with E-state index >= 15 is 0 Å². The number of anilines is 1. The predicted octanol–water partition coefficient (Wildman–Crippen LogP) is 1.92. The van der Waals surface area contributed by atoms with Gasteiger partial charge in [0.1, 0.15) is 0 Å². The van der Waals surface area contributed by atoms with Crippen molar-refractivity contribution < 1.29 is 9.18 Å². The van der Waals surface area contributed by atoms with Crippen LogP contribution in [0.4, 0.5) is 10.1 Å². The van der Waals surface area contributed by atoms with Crippen LogP contribution in [0, 0.1) is 17.1 Å². The number of nitrogens with zero attached hydrogens (tertiary/aromatic N) is 1. The van der Waals surface area contributed by atoms with E-state index in [9.17, 15) is 9.18 Å². The van der Waals surface area contributed by atoms with Crippen LogP contribution in [0.1, 0.15) is 6.42 Å². The van der Waals surface area contributed by atoms with Gasteiger partial charge in [-0.05, 0) is 12.1 Å². The molecule has 90 valence electrons. The Kier molecular flexibility index (Phi) is 5.24. The lowest BCUT2D eigenvalue weighted by Gasteiger charge is -2.08. The molecule has 0 aliphatic rings. The van der Waals surface area contributed by atoms with Gasteiger partial charge in [-0.2, -0.15) is 5.26 Å². The Morgan fingerprint density at radius 1 is 1.53 bits per heavy atom. The van der Waals surface area contributed by atoms with E-state index in [4.69, 9.17) is 16.9 Å². The van der Waals surface area contributed by atoms with Crippen molar-refractivity contribution in [3.63, 3.8) is 0 Å². The highest BCUT2D eigenvalue weighted by Gasteiger charge is 2.07. The van der Waals surface area contributed by atoms with E-state index in [-0.39, 0.29) is 36.1 Å². The van der Waals surface area contributed by atoms with Crippen LogP contribution in [-0.4, -0.2) is 19.0 Å². The van der Waals surface area contributed by atoms with Gasteiger partial charge in [-0.3, -0.25) is 4.79 Å². The summed E-state index contributed by atoms with van der Waals surface area (Å²) in [6.07, 6.45) is 0.247. The van der Waals surface area contributed by atoms with Crippen LogP contribution in [0.2, 0.25) is 5.02 Å². The SMILES string of the molecule is N#CCCNC(=O)CNc1cccc(Cl)c1F. The Morgan fingerprint density at radius 2 is 2.29 bits per heavy atom. The van der Waals surface area contributed by atoms with Gasteiger partial charge in [0, 0.05) is 6.54 Å². The fourth-order valence-corrected chi connectivity index (χ4v) is 1.31. The quantitative estimate of drug-likeness (QED) is 0.790. The van der Waals surface area contributed by atoms with Gasteiger partial charge in [-0.1, -0.05) is 17.7 Å². The number of benzene rings is 1. The van der Waals surface area contributed by atoms with Gasteiger partial charge in [0.25, 0.3) is 0 Å². The highest BCUT2D eigenvalue weighted by molar-refractivity contribution is 6.31. The largest absolute Gasteiger partial charge is 0.374 e. The molecule has 1 aromatic carbocycles. The van der Waals surface area contributed by atoms with Crippen LogP contribution >= 0.6 is 11.6 Å². The Hall–Kier alpha value is -1.80. The van der Waals surface area contributed by atoms with Gasteiger partial charge in [-0.25, -0.2) is 4.39 Å². The van der Waals surface area contributed by atoms with Crippen molar-refractivity contribution in [3.8, 4) is 6.07 Å². The summed E-state index contributed by atoms with van der Waals surface area (Å²) in [4.78, 5) is 11.2. The van der Waals surface area contributed by atoms with E-state index in [1.54, 1.807) is 6.07 Å². The van der Waals surface area contributed by atoms with Crippen LogP contribution < -0.4 is 10.6 Å². The molecule has 0 atom stereocenters. The summed E-state index contributed by atoms with van der Waals surface area (Å²) in [6, 6.07) is 6.40. The second kappa shape index (κ2) is 6.71. The first-order chi connectivity index (χ1) is 8.15. The molecule has 0 saturated heterocycles. The number of amides is 1. The molecule has 0 aromatic heterocycles. The van der Waals surface area contributed by atoms with E-state index in [1.807, 2.05) is 6.07 Å². The molecule has 0 spiro atoms. The van der Waals surface area contributed by atoms with E-state index < -0.39 is 5.82 Å². The van der Waals surface area contributed by atoms with Gasteiger partial charge in [0.2, 0.25) is 5.91 Å². The first kappa shape index (κ1) is 13.3. The lowest BCUT2D eigenvalue weighted by molar-refractivity contribution is -0.119. The molecule has 0 saturated carbocycles. The molecule has 0 aliphatic carbocycles. The molecule has 0 fully saturated rings. The molecular weight excluding hydrogens is 245 g/mol. The first-order valence-electron chi connectivity index (χ1n) is 4.96. The van der Waals surface area contributed by atoms with Crippen molar-refractivity contribution >= 4 is 23.2 Å². The number of carbonyl (C=O) groups is 1. The normalized spacial score (nSPS) is 9.47. The smallest absolute Gasteiger partial charge is 0.239 e. The zero-order chi connectivity index (χ0) is 12.7. The summed E-state index contributed by atoms with van der Waals surface area (Å²) in [5.74, 6) is -0.890. The van der Waals surface area contributed by atoms with Crippen molar-refractivity contribution in [2.45, 2.75) is 6.42 Å². The average Bonchev–Trinajstić information content (AvgIpc) is 2.31. The highest BCUT2D eigenvalue weighted by Crippen LogP contribution is 2.21. The second-order valence-corrected chi connectivity index (χ2v) is 3.62. The molecule has 4 nitrogen and oxygen atoms in total. The fraction of sp³-hybridized carbons (Fsp3) is 0.273. The monoisotopic (exact) mass is 255 g/mol.